The average molecular weight is 279 g/mol. The smallest absolute Gasteiger partial charge is 0.0387 e. The van der Waals surface area contributed by atoms with Gasteiger partial charge in [-0.15, -0.1) is 0 Å². The van der Waals surface area contributed by atoms with Crippen LogP contribution in [0, 0.1) is 0 Å². The topological polar surface area (TPSA) is 12.0 Å². The highest BCUT2D eigenvalue weighted by Gasteiger charge is 2.29. The zero-order valence-corrected chi connectivity index (χ0v) is 13.1. The van der Waals surface area contributed by atoms with E-state index in [-0.39, 0.29) is 0 Å². The van der Waals surface area contributed by atoms with Crippen molar-refractivity contribution < 1.29 is 0 Å². The van der Waals surface area contributed by atoms with E-state index in [2.05, 4.69) is 67.8 Å². The number of likely N-dealkylation sites (N-methyl/N-ethyl adjacent to an activating group) is 1. The van der Waals surface area contributed by atoms with Crippen molar-refractivity contribution >= 4 is 0 Å². The molecule has 1 heteroatoms. The maximum Gasteiger partial charge on any atom is 0.0387 e. The molecule has 0 spiro atoms. The van der Waals surface area contributed by atoms with Crippen LogP contribution in [0.1, 0.15) is 54.0 Å². The molecule has 110 valence electrons. The van der Waals surface area contributed by atoms with Crippen LogP contribution in [-0.4, -0.2) is 7.05 Å². The summed E-state index contributed by atoms with van der Waals surface area (Å²) in [5, 5.41) is 3.55. The zero-order chi connectivity index (χ0) is 14.7. The van der Waals surface area contributed by atoms with Gasteiger partial charge in [-0.3, -0.25) is 0 Å². The summed E-state index contributed by atoms with van der Waals surface area (Å²) in [5.74, 6) is 0.600. The highest BCUT2D eigenvalue weighted by atomic mass is 14.9. The molecule has 2 aromatic rings. The zero-order valence-electron chi connectivity index (χ0n) is 13.1. The second-order valence-electron chi connectivity index (χ2n) is 6.10. The lowest BCUT2D eigenvalue weighted by Gasteiger charge is -2.25. The van der Waals surface area contributed by atoms with Crippen LogP contribution in [0.5, 0.6) is 0 Å². The predicted octanol–water partition coefficient (Wildman–Crippen LogP) is 4.63. The molecule has 0 aromatic heterocycles. The molecule has 0 saturated carbocycles. The van der Waals surface area contributed by atoms with Crippen LogP contribution < -0.4 is 5.32 Å². The lowest BCUT2D eigenvalue weighted by Crippen LogP contribution is -2.22. The summed E-state index contributed by atoms with van der Waals surface area (Å²) in [7, 11) is 2.09. The highest BCUT2D eigenvalue weighted by molar-refractivity contribution is 5.38. The molecule has 3 rings (SSSR count). The Hall–Kier alpha value is -1.60. The van der Waals surface area contributed by atoms with E-state index in [4.69, 9.17) is 0 Å². The van der Waals surface area contributed by atoms with E-state index in [1.807, 2.05) is 0 Å². The van der Waals surface area contributed by atoms with Crippen LogP contribution in [0.3, 0.4) is 0 Å². The molecule has 0 aliphatic heterocycles. The molecule has 0 bridgehead atoms. The third-order valence-electron chi connectivity index (χ3n) is 4.77. The fourth-order valence-electron chi connectivity index (χ4n) is 3.72. The van der Waals surface area contributed by atoms with Gasteiger partial charge in [0.25, 0.3) is 0 Å². The Morgan fingerprint density at radius 2 is 1.86 bits per heavy atom. The van der Waals surface area contributed by atoms with Gasteiger partial charge in [0.2, 0.25) is 0 Å². The van der Waals surface area contributed by atoms with Gasteiger partial charge in [0.05, 0.1) is 0 Å². The molecule has 1 aliphatic carbocycles. The third-order valence-corrected chi connectivity index (χ3v) is 4.77. The predicted molar refractivity (Wildman–Crippen MR) is 89.7 cm³/mol. The standard InChI is InChI=1S/C20H25N/c1-3-6-15-9-11-17(12-10-15)20(21-2)19-14-13-16-7-4-5-8-18(16)19/h4-5,7-12,19-21H,3,6,13-14H2,1-2H3. The SMILES string of the molecule is CCCc1ccc(C(NC)C2CCc3ccccc32)cc1. The van der Waals surface area contributed by atoms with E-state index >= 15 is 0 Å². The summed E-state index contributed by atoms with van der Waals surface area (Å²) in [6.07, 6.45) is 4.86. The summed E-state index contributed by atoms with van der Waals surface area (Å²) in [6.45, 7) is 2.24. The third kappa shape index (κ3) is 2.89. The normalized spacial score (nSPS) is 18.5. The molecule has 1 aliphatic rings. The summed E-state index contributed by atoms with van der Waals surface area (Å²) in [6, 6.07) is 18.6. The number of fused-ring (bicyclic) bond motifs is 1. The molecule has 0 heterocycles. The summed E-state index contributed by atoms with van der Waals surface area (Å²) < 4.78 is 0. The molecule has 0 saturated heterocycles. The van der Waals surface area contributed by atoms with Crippen molar-refractivity contribution in [2.75, 3.05) is 7.05 Å². The molecule has 2 atom stereocenters. The number of aryl methyl sites for hydroxylation is 2. The largest absolute Gasteiger partial charge is 0.312 e. The monoisotopic (exact) mass is 279 g/mol. The van der Waals surface area contributed by atoms with E-state index < -0.39 is 0 Å². The highest BCUT2D eigenvalue weighted by Crippen LogP contribution is 2.41. The first-order valence-corrected chi connectivity index (χ1v) is 8.17. The maximum absolute atomic E-state index is 3.55. The Balaban J connectivity index is 1.85. The van der Waals surface area contributed by atoms with Gasteiger partial charge in [0.1, 0.15) is 0 Å². The second kappa shape index (κ2) is 6.44. The van der Waals surface area contributed by atoms with Gasteiger partial charge >= 0.3 is 0 Å². The first kappa shape index (κ1) is 14.3. The molecule has 0 fully saturated rings. The number of nitrogens with one attached hydrogen (secondary N) is 1. The first-order valence-electron chi connectivity index (χ1n) is 8.17. The number of hydrogen-bond donors (Lipinski definition) is 1. The fourth-order valence-corrected chi connectivity index (χ4v) is 3.72. The van der Waals surface area contributed by atoms with Crippen molar-refractivity contribution in [3.63, 3.8) is 0 Å². The van der Waals surface area contributed by atoms with Crippen molar-refractivity contribution in [2.24, 2.45) is 0 Å². The molecular formula is C20H25N. The van der Waals surface area contributed by atoms with E-state index in [9.17, 15) is 0 Å². The van der Waals surface area contributed by atoms with E-state index in [1.165, 1.54) is 47.9 Å². The van der Waals surface area contributed by atoms with Gasteiger partial charge in [0, 0.05) is 12.0 Å². The molecule has 21 heavy (non-hydrogen) atoms. The van der Waals surface area contributed by atoms with Gasteiger partial charge in [0.15, 0.2) is 0 Å². The molecule has 0 radical (unpaired) electrons. The Morgan fingerprint density at radius 1 is 1.10 bits per heavy atom. The van der Waals surface area contributed by atoms with Crippen molar-refractivity contribution in [1.29, 1.82) is 0 Å². The fraction of sp³-hybridized carbons (Fsp3) is 0.400. The van der Waals surface area contributed by atoms with E-state index in [0.717, 1.165) is 0 Å². The Labute approximate surface area is 128 Å². The average Bonchev–Trinajstić information content (AvgIpc) is 2.94. The molecule has 1 N–H and O–H groups in total. The van der Waals surface area contributed by atoms with Crippen LogP contribution in [0.25, 0.3) is 0 Å². The summed E-state index contributed by atoms with van der Waals surface area (Å²) in [5.41, 5.74) is 5.93. The van der Waals surface area contributed by atoms with Crippen LogP contribution in [0.4, 0.5) is 0 Å². The van der Waals surface area contributed by atoms with Crippen LogP contribution in [0.15, 0.2) is 48.5 Å². The summed E-state index contributed by atoms with van der Waals surface area (Å²) in [4.78, 5) is 0. The molecule has 0 amide bonds. The van der Waals surface area contributed by atoms with Crippen molar-refractivity contribution in [2.45, 2.75) is 44.6 Å². The Morgan fingerprint density at radius 3 is 2.57 bits per heavy atom. The van der Waals surface area contributed by atoms with Crippen molar-refractivity contribution in [3.05, 3.63) is 70.8 Å². The minimum atomic E-state index is 0.421. The molecule has 2 unspecified atom stereocenters. The van der Waals surface area contributed by atoms with Gasteiger partial charge in [-0.1, -0.05) is 61.9 Å². The van der Waals surface area contributed by atoms with Crippen molar-refractivity contribution in [1.82, 2.24) is 5.32 Å². The van der Waals surface area contributed by atoms with E-state index in [1.54, 1.807) is 0 Å². The lowest BCUT2D eigenvalue weighted by atomic mass is 9.88. The Kier molecular flexibility index (Phi) is 4.40. The van der Waals surface area contributed by atoms with Gasteiger partial charge in [-0.05, 0) is 48.6 Å². The van der Waals surface area contributed by atoms with Gasteiger partial charge < -0.3 is 5.32 Å². The molecule has 2 aromatic carbocycles. The van der Waals surface area contributed by atoms with Gasteiger partial charge in [-0.2, -0.15) is 0 Å². The first-order chi connectivity index (χ1) is 10.3. The van der Waals surface area contributed by atoms with Crippen molar-refractivity contribution in [3.8, 4) is 0 Å². The molecule has 1 nitrogen and oxygen atoms in total. The summed E-state index contributed by atoms with van der Waals surface area (Å²) >= 11 is 0. The minimum absolute atomic E-state index is 0.421. The quantitative estimate of drug-likeness (QED) is 0.841. The number of benzene rings is 2. The lowest BCUT2D eigenvalue weighted by molar-refractivity contribution is 0.477. The van der Waals surface area contributed by atoms with Gasteiger partial charge in [-0.25, -0.2) is 0 Å². The molecular weight excluding hydrogens is 254 g/mol. The number of rotatable bonds is 5. The van der Waals surface area contributed by atoms with Crippen LogP contribution in [-0.2, 0) is 12.8 Å². The van der Waals surface area contributed by atoms with Crippen LogP contribution in [0.2, 0.25) is 0 Å². The minimum Gasteiger partial charge on any atom is -0.312 e. The second-order valence-corrected chi connectivity index (χ2v) is 6.10. The van der Waals surface area contributed by atoms with E-state index in [0.29, 0.717) is 12.0 Å². The Bertz CT molecular complexity index is 585. The number of hydrogen-bond acceptors (Lipinski definition) is 1. The van der Waals surface area contributed by atoms with Crippen LogP contribution >= 0.6 is 0 Å². The maximum atomic E-state index is 3.55.